The number of nitro groups is 1. The second kappa shape index (κ2) is 6.90. The van der Waals surface area contributed by atoms with Crippen LogP contribution >= 0.6 is 0 Å². The molecule has 0 aliphatic carbocycles. The second-order valence-corrected chi connectivity index (χ2v) is 7.11. The fourth-order valence-electron chi connectivity index (χ4n) is 4.05. The van der Waals surface area contributed by atoms with Gasteiger partial charge in [0.1, 0.15) is 6.33 Å². The van der Waals surface area contributed by atoms with Crippen LogP contribution in [0.1, 0.15) is 37.3 Å². The summed E-state index contributed by atoms with van der Waals surface area (Å²) in [5, 5.41) is 12.0. The molecule has 4 rings (SSSR count). The zero-order chi connectivity index (χ0) is 18.1. The van der Waals surface area contributed by atoms with Gasteiger partial charge < -0.3 is 9.80 Å². The Labute approximate surface area is 152 Å². The topological polar surface area (TPSA) is 75.4 Å². The van der Waals surface area contributed by atoms with Crippen LogP contribution in [0.15, 0.2) is 30.6 Å². The van der Waals surface area contributed by atoms with E-state index in [1.165, 1.54) is 17.5 Å². The van der Waals surface area contributed by atoms with Crippen LogP contribution in [0.2, 0.25) is 0 Å². The van der Waals surface area contributed by atoms with Crippen molar-refractivity contribution in [2.24, 2.45) is 0 Å². The molecule has 0 saturated carbocycles. The standard InChI is InChI=1S/C19H23N5O2/c1-14-6-4-5-10-23(14)19-17(24(25)26)18(20-13-21-19)22-11-9-15-7-2-3-8-16(15)12-22/h2-3,7-8,13-14H,4-6,9-12H2,1H3. The number of hydrogen-bond acceptors (Lipinski definition) is 6. The first-order valence-electron chi connectivity index (χ1n) is 9.23. The molecule has 0 radical (unpaired) electrons. The fraction of sp³-hybridized carbons (Fsp3) is 0.474. The molecular formula is C19H23N5O2. The predicted octanol–water partition coefficient (Wildman–Crippen LogP) is 3.33. The molecule has 1 unspecified atom stereocenters. The van der Waals surface area contributed by atoms with Crippen molar-refractivity contribution in [3.05, 3.63) is 51.8 Å². The van der Waals surface area contributed by atoms with Crippen LogP contribution in [0.25, 0.3) is 0 Å². The molecule has 3 heterocycles. The number of fused-ring (bicyclic) bond motifs is 1. The maximum Gasteiger partial charge on any atom is 0.353 e. The Bertz CT molecular complexity index is 825. The van der Waals surface area contributed by atoms with Crippen molar-refractivity contribution in [3.63, 3.8) is 0 Å². The first-order valence-corrected chi connectivity index (χ1v) is 9.23. The summed E-state index contributed by atoms with van der Waals surface area (Å²) in [6.45, 7) is 4.29. The smallest absolute Gasteiger partial charge is 0.348 e. The van der Waals surface area contributed by atoms with E-state index in [9.17, 15) is 10.1 Å². The third-order valence-electron chi connectivity index (χ3n) is 5.47. The molecule has 1 aromatic heterocycles. The van der Waals surface area contributed by atoms with Gasteiger partial charge in [0.15, 0.2) is 0 Å². The van der Waals surface area contributed by atoms with E-state index in [1.54, 1.807) is 0 Å². The highest BCUT2D eigenvalue weighted by Gasteiger charge is 2.33. The van der Waals surface area contributed by atoms with Gasteiger partial charge in [0, 0.05) is 25.7 Å². The first-order chi connectivity index (χ1) is 12.6. The molecule has 1 atom stereocenters. The van der Waals surface area contributed by atoms with Crippen molar-refractivity contribution >= 4 is 17.3 Å². The van der Waals surface area contributed by atoms with Crippen LogP contribution in [0.5, 0.6) is 0 Å². The number of nitrogens with zero attached hydrogens (tertiary/aromatic N) is 5. The van der Waals surface area contributed by atoms with E-state index in [1.807, 2.05) is 17.0 Å². The molecule has 1 fully saturated rings. The van der Waals surface area contributed by atoms with Crippen molar-refractivity contribution in [2.75, 3.05) is 22.9 Å². The third kappa shape index (κ3) is 2.98. The van der Waals surface area contributed by atoms with Crippen LogP contribution in [-0.4, -0.2) is 34.0 Å². The van der Waals surface area contributed by atoms with E-state index in [4.69, 9.17) is 0 Å². The van der Waals surface area contributed by atoms with Gasteiger partial charge in [0.25, 0.3) is 0 Å². The van der Waals surface area contributed by atoms with E-state index < -0.39 is 0 Å². The maximum absolute atomic E-state index is 12.0. The van der Waals surface area contributed by atoms with Gasteiger partial charge in [-0.1, -0.05) is 24.3 Å². The number of piperidine rings is 1. The Morgan fingerprint density at radius 3 is 2.65 bits per heavy atom. The van der Waals surface area contributed by atoms with Gasteiger partial charge in [-0.25, -0.2) is 9.97 Å². The predicted molar refractivity (Wildman–Crippen MR) is 101 cm³/mol. The zero-order valence-corrected chi connectivity index (χ0v) is 15.0. The Morgan fingerprint density at radius 2 is 1.88 bits per heavy atom. The van der Waals surface area contributed by atoms with Gasteiger partial charge in [-0.2, -0.15) is 0 Å². The van der Waals surface area contributed by atoms with Crippen molar-refractivity contribution in [1.82, 2.24) is 9.97 Å². The highest BCUT2D eigenvalue weighted by molar-refractivity contribution is 5.72. The van der Waals surface area contributed by atoms with Crippen molar-refractivity contribution < 1.29 is 4.92 Å². The van der Waals surface area contributed by atoms with Crippen molar-refractivity contribution in [3.8, 4) is 0 Å². The lowest BCUT2D eigenvalue weighted by molar-refractivity contribution is -0.383. The van der Waals surface area contributed by atoms with Gasteiger partial charge >= 0.3 is 5.69 Å². The minimum Gasteiger partial charge on any atom is -0.348 e. The van der Waals surface area contributed by atoms with Gasteiger partial charge in [-0.3, -0.25) is 10.1 Å². The molecular weight excluding hydrogens is 330 g/mol. The number of aromatic nitrogens is 2. The average Bonchev–Trinajstić information content (AvgIpc) is 2.67. The first kappa shape index (κ1) is 16.8. The molecule has 0 amide bonds. The highest BCUT2D eigenvalue weighted by atomic mass is 16.6. The molecule has 1 saturated heterocycles. The number of hydrogen-bond donors (Lipinski definition) is 0. The summed E-state index contributed by atoms with van der Waals surface area (Å²) in [7, 11) is 0. The lowest BCUT2D eigenvalue weighted by Gasteiger charge is -2.35. The molecule has 0 N–H and O–H groups in total. The Balaban J connectivity index is 1.73. The van der Waals surface area contributed by atoms with E-state index in [2.05, 4.69) is 33.9 Å². The van der Waals surface area contributed by atoms with Crippen molar-refractivity contribution in [2.45, 2.75) is 45.2 Å². The summed E-state index contributed by atoms with van der Waals surface area (Å²) in [6.07, 6.45) is 5.57. The summed E-state index contributed by atoms with van der Waals surface area (Å²) in [5.41, 5.74) is 2.56. The Kier molecular flexibility index (Phi) is 4.44. The van der Waals surface area contributed by atoms with Gasteiger partial charge in [0.05, 0.1) is 4.92 Å². The minimum atomic E-state index is -0.313. The summed E-state index contributed by atoms with van der Waals surface area (Å²) >= 11 is 0. The van der Waals surface area contributed by atoms with Gasteiger partial charge in [0.2, 0.25) is 11.6 Å². The molecule has 136 valence electrons. The molecule has 7 heteroatoms. The Morgan fingerprint density at radius 1 is 1.12 bits per heavy atom. The molecule has 7 nitrogen and oxygen atoms in total. The molecule has 0 bridgehead atoms. The average molecular weight is 353 g/mol. The van der Waals surface area contributed by atoms with E-state index in [0.29, 0.717) is 18.2 Å². The monoisotopic (exact) mass is 353 g/mol. The van der Waals surface area contributed by atoms with Crippen molar-refractivity contribution in [1.29, 1.82) is 0 Å². The lowest BCUT2D eigenvalue weighted by Crippen LogP contribution is -2.39. The van der Waals surface area contributed by atoms with E-state index >= 15 is 0 Å². The summed E-state index contributed by atoms with van der Waals surface area (Å²) < 4.78 is 0. The van der Waals surface area contributed by atoms with Crippen LogP contribution in [-0.2, 0) is 13.0 Å². The maximum atomic E-state index is 12.0. The summed E-state index contributed by atoms with van der Waals surface area (Å²) in [4.78, 5) is 24.4. The molecule has 2 aromatic rings. The molecule has 0 spiro atoms. The molecule has 2 aliphatic rings. The van der Waals surface area contributed by atoms with Crippen LogP contribution in [0, 0.1) is 10.1 Å². The van der Waals surface area contributed by atoms with Crippen LogP contribution < -0.4 is 9.80 Å². The lowest BCUT2D eigenvalue weighted by atomic mass is 10.00. The molecule has 26 heavy (non-hydrogen) atoms. The highest BCUT2D eigenvalue weighted by Crippen LogP contribution is 2.38. The molecule has 2 aliphatic heterocycles. The number of benzene rings is 1. The summed E-state index contributed by atoms with van der Waals surface area (Å²) in [6, 6.07) is 8.52. The largest absolute Gasteiger partial charge is 0.353 e. The minimum absolute atomic E-state index is 0.0423. The van der Waals surface area contributed by atoms with Crippen LogP contribution in [0.3, 0.4) is 0 Å². The number of rotatable bonds is 3. The van der Waals surface area contributed by atoms with Crippen LogP contribution in [0.4, 0.5) is 17.3 Å². The van der Waals surface area contributed by atoms with E-state index in [0.717, 1.165) is 38.8 Å². The zero-order valence-electron chi connectivity index (χ0n) is 15.0. The Hall–Kier alpha value is -2.70. The third-order valence-corrected chi connectivity index (χ3v) is 5.47. The fourth-order valence-corrected chi connectivity index (χ4v) is 4.05. The normalized spacial score (nSPS) is 20.0. The van der Waals surface area contributed by atoms with Gasteiger partial charge in [-0.15, -0.1) is 0 Å². The van der Waals surface area contributed by atoms with E-state index in [-0.39, 0.29) is 16.7 Å². The number of anilines is 2. The molecule has 1 aromatic carbocycles. The quantitative estimate of drug-likeness (QED) is 0.622. The summed E-state index contributed by atoms with van der Waals surface area (Å²) in [5.74, 6) is 0.901. The van der Waals surface area contributed by atoms with Gasteiger partial charge in [-0.05, 0) is 43.7 Å². The second-order valence-electron chi connectivity index (χ2n) is 7.11. The SMILES string of the molecule is CC1CCCCN1c1ncnc(N2CCc3ccccc3C2)c1[N+](=O)[O-].